The van der Waals surface area contributed by atoms with Crippen LogP contribution in [0.5, 0.6) is 0 Å². The van der Waals surface area contributed by atoms with Crippen LogP contribution in [-0.2, 0) is 4.79 Å². The first-order valence-electron chi connectivity index (χ1n) is 2.38. The van der Waals surface area contributed by atoms with Gasteiger partial charge in [-0.3, -0.25) is 4.79 Å². The molecule has 0 fully saturated rings. The predicted molar refractivity (Wildman–Crippen MR) is 33.5 cm³/mol. The van der Waals surface area contributed by atoms with E-state index in [1.54, 1.807) is 0 Å². The second kappa shape index (κ2) is 3.66. The molecule has 0 spiro atoms. The SMILES string of the molecule is C=CC(=O)C=C([O-])C=C. The molecule has 0 saturated carbocycles. The first-order valence-corrected chi connectivity index (χ1v) is 2.38. The predicted octanol–water partition coefficient (Wildman–Crippen LogP) is 0.172. The summed E-state index contributed by atoms with van der Waals surface area (Å²) in [4.78, 5) is 10.3. The Kier molecular flexibility index (Phi) is 3.13. The third kappa shape index (κ3) is 3.29. The molecule has 0 aromatic heterocycles. The van der Waals surface area contributed by atoms with Crippen molar-refractivity contribution in [2.24, 2.45) is 0 Å². The third-order valence-electron chi connectivity index (χ3n) is 0.687. The molecule has 2 heteroatoms. The quantitative estimate of drug-likeness (QED) is 0.305. The Morgan fingerprint density at radius 3 is 2.22 bits per heavy atom. The van der Waals surface area contributed by atoms with Crippen LogP contribution in [0.25, 0.3) is 0 Å². The fraction of sp³-hybridized carbons (Fsp3) is 0. The highest BCUT2D eigenvalue weighted by Gasteiger charge is 1.82. The molecule has 0 bridgehead atoms. The lowest BCUT2D eigenvalue weighted by molar-refractivity contribution is -0.294. The molecule has 0 N–H and O–H groups in total. The number of rotatable bonds is 3. The van der Waals surface area contributed by atoms with Crippen molar-refractivity contribution < 1.29 is 9.90 Å². The van der Waals surface area contributed by atoms with Crippen molar-refractivity contribution in [3.8, 4) is 0 Å². The van der Waals surface area contributed by atoms with E-state index in [9.17, 15) is 9.90 Å². The Labute approximate surface area is 53.8 Å². The number of hydrogen-bond donors (Lipinski definition) is 0. The van der Waals surface area contributed by atoms with Crippen molar-refractivity contribution in [3.05, 3.63) is 37.1 Å². The lowest BCUT2D eigenvalue weighted by Crippen LogP contribution is -2.01. The van der Waals surface area contributed by atoms with Crippen LogP contribution >= 0.6 is 0 Å². The zero-order valence-electron chi connectivity index (χ0n) is 4.96. The highest BCUT2D eigenvalue weighted by atomic mass is 16.3. The fourth-order valence-electron chi connectivity index (χ4n) is 0.258. The number of hydrogen-bond acceptors (Lipinski definition) is 2. The number of carbonyl (C=O) groups excluding carboxylic acids is 1. The molecule has 0 aliphatic rings. The largest absolute Gasteiger partial charge is 0.872 e. The summed E-state index contributed by atoms with van der Waals surface area (Å²) in [6, 6.07) is 0. The minimum atomic E-state index is -0.389. The summed E-state index contributed by atoms with van der Waals surface area (Å²) in [5, 5.41) is 10.3. The lowest BCUT2D eigenvalue weighted by atomic mass is 10.3. The van der Waals surface area contributed by atoms with Gasteiger partial charge in [0.25, 0.3) is 0 Å². The molecule has 0 amide bonds. The molecule has 0 unspecified atom stereocenters. The molecule has 48 valence electrons. The van der Waals surface area contributed by atoms with Crippen LogP contribution in [0.2, 0.25) is 0 Å². The standard InChI is InChI=1S/C7H8O2/c1-3-6(8)5-7(9)4-2/h3-5,8H,1-2H2/p-1. The van der Waals surface area contributed by atoms with Crippen molar-refractivity contribution >= 4 is 5.78 Å². The van der Waals surface area contributed by atoms with E-state index in [1.807, 2.05) is 0 Å². The molecule has 0 aromatic rings. The van der Waals surface area contributed by atoms with Crippen molar-refractivity contribution in [3.63, 3.8) is 0 Å². The van der Waals surface area contributed by atoms with Crippen LogP contribution in [0.3, 0.4) is 0 Å². The van der Waals surface area contributed by atoms with E-state index in [0.717, 1.165) is 18.2 Å². The molecule has 9 heavy (non-hydrogen) atoms. The van der Waals surface area contributed by atoms with Crippen LogP contribution in [-0.4, -0.2) is 5.78 Å². The Balaban J connectivity index is 4.10. The smallest absolute Gasteiger partial charge is 0.177 e. The average molecular weight is 123 g/mol. The molecule has 0 radical (unpaired) electrons. The van der Waals surface area contributed by atoms with Gasteiger partial charge in [-0.1, -0.05) is 19.2 Å². The van der Waals surface area contributed by atoms with Gasteiger partial charge in [0.2, 0.25) is 0 Å². The third-order valence-corrected chi connectivity index (χ3v) is 0.687. The van der Waals surface area contributed by atoms with Crippen LogP contribution < -0.4 is 5.11 Å². The van der Waals surface area contributed by atoms with Gasteiger partial charge in [-0.25, -0.2) is 0 Å². The molecular formula is C7H7O2-. The minimum absolute atomic E-state index is 0.389. The Morgan fingerprint density at radius 2 is 1.89 bits per heavy atom. The molecule has 0 atom stereocenters. The summed E-state index contributed by atoms with van der Waals surface area (Å²) in [5.74, 6) is -0.778. The Bertz CT molecular complexity index is 166. The van der Waals surface area contributed by atoms with E-state index in [0.29, 0.717) is 0 Å². The summed E-state index contributed by atoms with van der Waals surface area (Å²) < 4.78 is 0. The molecule has 0 saturated heterocycles. The van der Waals surface area contributed by atoms with E-state index < -0.39 is 0 Å². The van der Waals surface area contributed by atoms with E-state index in [2.05, 4.69) is 13.2 Å². The summed E-state index contributed by atoms with van der Waals surface area (Å²) in [5.41, 5.74) is 0. The van der Waals surface area contributed by atoms with Crippen LogP contribution in [0, 0.1) is 0 Å². The van der Waals surface area contributed by atoms with E-state index in [1.165, 1.54) is 0 Å². The van der Waals surface area contributed by atoms with Crippen LogP contribution in [0.1, 0.15) is 0 Å². The highest BCUT2D eigenvalue weighted by molar-refractivity contribution is 5.99. The maximum absolute atomic E-state index is 10.3. The first kappa shape index (κ1) is 7.69. The minimum Gasteiger partial charge on any atom is -0.872 e. The van der Waals surface area contributed by atoms with Gasteiger partial charge in [0.05, 0.1) is 0 Å². The molecular weight excluding hydrogens is 116 g/mol. The van der Waals surface area contributed by atoms with Gasteiger partial charge in [0, 0.05) is 0 Å². The summed E-state index contributed by atoms with van der Waals surface area (Å²) >= 11 is 0. The van der Waals surface area contributed by atoms with Gasteiger partial charge in [0.15, 0.2) is 5.78 Å². The van der Waals surface area contributed by atoms with Crippen molar-refractivity contribution in [2.75, 3.05) is 0 Å². The molecule has 0 aliphatic carbocycles. The summed E-state index contributed by atoms with van der Waals surface area (Å²) in [6.07, 6.45) is 3.07. The molecule has 0 aliphatic heterocycles. The average Bonchev–Trinajstić information content (AvgIpc) is 1.87. The fourth-order valence-corrected chi connectivity index (χ4v) is 0.258. The van der Waals surface area contributed by atoms with E-state index in [-0.39, 0.29) is 11.5 Å². The summed E-state index contributed by atoms with van der Waals surface area (Å²) in [7, 11) is 0. The van der Waals surface area contributed by atoms with Crippen molar-refractivity contribution in [1.29, 1.82) is 0 Å². The van der Waals surface area contributed by atoms with Crippen molar-refractivity contribution in [1.82, 2.24) is 0 Å². The normalized spacial score (nSPS) is 10.4. The van der Waals surface area contributed by atoms with E-state index >= 15 is 0 Å². The summed E-state index contributed by atoms with van der Waals surface area (Å²) in [6.45, 7) is 6.36. The van der Waals surface area contributed by atoms with Gasteiger partial charge in [-0.15, -0.1) is 5.76 Å². The highest BCUT2D eigenvalue weighted by Crippen LogP contribution is 1.84. The Hall–Kier alpha value is -1.31. The lowest BCUT2D eigenvalue weighted by Gasteiger charge is -2.00. The molecule has 0 heterocycles. The zero-order valence-corrected chi connectivity index (χ0v) is 4.96. The van der Waals surface area contributed by atoms with Crippen molar-refractivity contribution in [2.45, 2.75) is 0 Å². The maximum atomic E-state index is 10.3. The van der Waals surface area contributed by atoms with Gasteiger partial charge in [-0.2, -0.15) is 0 Å². The number of carbonyl (C=O) groups is 1. The number of ketones is 1. The van der Waals surface area contributed by atoms with Gasteiger partial charge >= 0.3 is 0 Å². The van der Waals surface area contributed by atoms with Gasteiger partial charge in [0.1, 0.15) is 0 Å². The van der Waals surface area contributed by atoms with Crippen LogP contribution in [0.4, 0.5) is 0 Å². The topological polar surface area (TPSA) is 40.1 Å². The molecule has 2 nitrogen and oxygen atoms in total. The maximum Gasteiger partial charge on any atom is 0.177 e. The molecule has 0 rings (SSSR count). The van der Waals surface area contributed by atoms with E-state index in [4.69, 9.17) is 0 Å². The second-order valence-corrected chi connectivity index (χ2v) is 1.36. The monoisotopic (exact) mass is 123 g/mol. The number of allylic oxidation sites excluding steroid dienone is 3. The van der Waals surface area contributed by atoms with Gasteiger partial charge < -0.3 is 5.11 Å². The zero-order chi connectivity index (χ0) is 7.28. The second-order valence-electron chi connectivity index (χ2n) is 1.36. The molecule has 0 aromatic carbocycles. The Morgan fingerprint density at radius 1 is 1.33 bits per heavy atom. The van der Waals surface area contributed by atoms with Gasteiger partial charge in [-0.05, 0) is 12.2 Å². The van der Waals surface area contributed by atoms with Crippen LogP contribution in [0.15, 0.2) is 37.1 Å². The first-order chi connectivity index (χ1) is 4.20.